The Kier molecular flexibility index (Phi) is 4.13. The van der Waals surface area contributed by atoms with Crippen LogP contribution in [-0.4, -0.2) is 6.21 Å². The maximum absolute atomic E-state index is 5.29. The van der Waals surface area contributed by atoms with Crippen LogP contribution in [0.4, 0.5) is 0 Å². The molecular weight excluding hydrogens is 222 g/mol. The van der Waals surface area contributed by atoms with Crippen molar-refractivity contribution >= 4 is 6.21 Å². The van der Waals surface area contributed by atoms with E-state index < -0.39 is 0 Å². The van der Waals surface area contributed by atoms with Gasteiger partial charge in [-0.1, -0.05) is 59.3 Å². The summed E-state index contributed by atoms with van der Waals surface area (Å²) in [5, 5.41) is 4.01. The minimum absolute atomic E-state index is 0.502. The van der Waals surface area contributed by atoms with E-state index >= 15 is 0 Å². The average Bonchev–Trinajstić information content (AvgIpc) is 2.40. The highest BCUT2D eigenvalue weighted by atomic mass is 16.6. The van der Waals surface area contributed by atoms with Gasteiger partial charge in [0.15, 0.2) is 0 Å². The van der Waals surface area contributed by atoms with Crippen molar-refractivity contribution in [2.75, 3.05) is 0 Å². The summed E-state index contributed by atoms with van der Waals surface area (Å²) >= 11 is 0. The van der Waals surface area contributed by atoms with Crippen molar-refractivity contribution in [3.8, 4) is 0 Å². The Labute approximate surface area is 108 Å². The molecule has 18 heavy (non-hydrogen) atoms. The molecule has 92 valence electrons. The highest BCUT2D eigenvalue weighted by molar-refractivity contribution is 5.81. The zero-order valence-electron chi connectivity index (χ0n) is 10.8. The Hall–Kier alpha value is -2.09. The summed E-state index contributed by atoms with van der Waals surface area (Å²) in [4.78, 5) is 5.29. The number of oxime groups is 1. The molecule has 0 spiro atoms. The summed E-state index contributed by atoms with van der Waals surface area (Å²) in [6.07, 6.45) is 1.77. The third kappa shape index (κ3) is 3.45. The van der Waals surface area contributed by atoms with Crippen LogP contribution in [-0.2, 0) is 11.4 Å². The maximum atomic E-state index is 5.29. The molecule has 0 N–H and O–H groups in total. The molecule has 2 aromatic carbocycles. The fraction of sp³-hybridized carbons (Fsp3) is 0.188. The standard InChI is InChI=1S/C16H17NO/c1-13-8-9-14(2)16(10-13)11-17-18-12-15-6-4-3-5-7-15/h3-11H,12H2,1-2H3. The minimum Gasteiger partial charge on any atom is -0.391 e. The van der Waals surface area contributed by atoms with Crippen LogP contribution in [0.2, 0.25) is 0 Å². The van der Waals surface area contributed by atoms with Crippen LogP contribution in [0, 0.1) is 13.8 Å². The summed E-state index contributed by atoms with van der Waals surface area (Å²) < 4.78 is 0. The highest BCUT2D eigenvalue weighted by Gasteiger charge is 1.95. The molecule has 2 nitrogen and oxygen atoms in total. The lowest BCUT2D eigenvalue weighted by molar-refractivity contribution is 0.132. The Balaban J connectivity index is 1.94. The van der Waals surface area contributed by atoms with Crippen molar-refractivity contribution in [3.63, 3.8) is 0 Å². The summed E-state index contributed by atoms with van der Waals surface area (Å²) in [5.74, 6) is 0. The van der Waals surface area contributed by atoms with Crippen molar-refractivity contribution in [1.29, 1.82) is 0 Å². The largest absolute Gasteiger partial charge is 0.391 e. The number of hydrogen-bond acceptors (Lipinski definition) is 2. The van der Waals surface area contributed by atoms with Gasteiger partial charge in [0.25, 0.3) is 0 Å². The second-order valence-corrected chi connectivity index (χ2v) is 4.35. The van der Waals surface area contributed by atoms with Crippen LogP contribution in [0.3, 0.4) is 0 Å². The first-order valence-electron chi connectivity index (χ1n) is 6.02. The second kappa shape index (κ2) is 6.01. The van der Waals surface area contributed by atoms with Gasteiger partial charge in [0, 0.05) is 0 Å². The molecule has 0 bridgehead atoms. The summed E-state index contributed by atoms with van der Waals surface area (Å²) in [6, 6.07) is 16.3. The molecule has 0 saturated carbocycles. The molecule has 2 heteroatoms. The Bertz CT molecular complexity index is 532. The van der Waals surface area contributed by atoms with E-state index in [1.807, 2.05) is 30.3 Å². The summed E-state index contributed by atoms with van der Waals surface area (Å²) in [5.41, 5.74) is 4.65. The third-order valence-electron chi connectivity index (χ3n) is 2.78. The van der Waals surface area contributed by atoms with Crippen LogP contribution in [0.25, 0.3) is 0 Å². The van der Waals surface area contributed by atoms with Gasteiger partial charge in [-0.2, -0.15) is 0 Å². The number of benzene rings is 2. The number of hydrogen-bond donors (Lipinski definition) is 0. The molecule has 0 heterocycles. The van der Waals surface area contributed by atoms with Crippen LogP contribution in [0.15, 0.2) is 53.7 Å². The Morgan fingerprint density at radius 2 is 1.83 bits per heavy atom. The molecule has 0 aliphatic heterocycles. The first kappa shape index (κ1) is 12.4. The van der Waals surface area contributed by atoms with Crippen molar-refractivity contribution in [2.45, 2.75) is 20.5 Å². The van der Waals surface area contributed by atoms with Crippen LogP contribution < -0.4 is 0 Å². The predicted octanol–water partition coefficient (Wildman–Crippen LogP) is 3.85. The molecule has 0 aliphatic rings. The fourth-order valence-corrected chi connectivity index (χ4v) is 1.68. The van der Waals surface area contributed by atoms with E-state index in [2.05, 4.69) is 37.2 Å². The topological polar surface area (TPSA) is 21.6 Å². The molecule has 2 aromatic rings. The summed E-state index contributed by atoms with van der Waals surface area (Å²) in [6.45, 7) is 4.64. The first-order valence-corrected chi connectivity index (χ1v) is 6.02. The van der Waals surface area contributed by atoms with Gasteiger partial charge < -0.3 is 4.84 Å². The second-order valence-electron chi connectivity index (χ2n) is 4.35. The molecule has 0 unspecified atom stereocenters. The lowest BCUT2D eigenvalue weighted by Gasteiger charge is -2.02. The molecule has 2 rings (SSSR count). The van der Waals surface area contributed by atoms with Crippen molar-refractivity contribution in [2.24, 2.45) is 5.16 Å². The predicted molar refractivity (Wildman–Crippen MR) is 74.7 cm³/mol. The SMILES string of the molecule is Cc1ccc(C)c(C=NOCc2ccccc2)c1. The zero-order valence-corrected chi connectivity index (χ0v) is 10.8. The lowest BCUT2D eigenvalue weighted by atomic mass is 10.1. The average molecular weight is 239 g/mol. The molecule has 0 saturated heterocycles. The molecule has 0 amide bonds. The molecule has 0 aromatic heterocycles. The molecule has 0 aliphatic carbocycles. The molecule has 0 radical (unpaired) electrons. The fourth-order valence-electron chi connectivity index (χ4n) is 1.68. The summed E-state index contributed by atoms with van der Waals surface area (Å²) in [7, 11) is 0. The van der Waals surface area contributed by atoms with Crippen molar-refractivity contribution in [3.05, 3.63) is 70.8 Å². The number of nitrogens with zero attached hydrogens (tertiary/aromatic N) is 1. The van der Waals surface area contributed by atoms with Gasteiger partial charge in [-0.25, -0.2) is 0 Å². The number of rotatable bonds is 4. The van der Waals surface area contributed by atoms with E-state index in [0.29, 0.717) is 6.61 Å². The highest BCUT2D eigenvalue weighted by Crippen LogP contribution is 2.08. The monoisotopic (exact) mass is 239 g/mol. The van der Waals surface area contributed by atoms with Crippen LogP contribution >= 0.6 is 0 Å². The van der Waals surface area contributed by atoms with Crippen LogP contribution in [0.5, 0.6) is 0 Å². The zero-order chi connectivity index (χ0) is 12.8. The molecule has 0 atom stereocenters. The van der Waals surface area contributed by atoms with Crippen LogP contribution in [0.1, 0.15) is 22.3 Å². The van der Waals surface area contributed by atoms with Gasteiger partial charge in [-0.15, -0.1) is 0 Å². The van der Waals surface area contributed by atoms with Gasteiger partial charge in [-0.05, 0) is 30.5 Å². The Morgan fingerprint density at radius 3 is 2.61 bits per heavy atom. The van der Waals surface area contributed by atoms with E-state index in [1.165, 1.54) is 11.1 Å². The van der Waals surface area contributed by atoms with Crippen molar-refractivity contribution in [1.82, 2.24) is 0 Å². The first-order chi connectivity index (χ1) is 8.75. The molecular formula is C16H17NO. The molecule has 0 fully saturated rings. The van der Waals surface area contributed by atoms with Gasteiger partial charge in [-0.3, -0.25) is 0 Å². The Morgan fingerprint density at radius 1 is 1.06 bits per heavy atom. The smallest absolute Gasteiger partial charge is 0.142 e. The maximum Gasteiger partial charge on any atom is 0.142 e. The number of aryl methyl sites for hydroxylation is 2. The van der Waals surface area contributed by atoms with Gasteiger partial charge in [0.05, 0.1) is 6.21 Å². The minimum atomic E-state index is 0.502. The van der Waals surface area contributed by atoms with Crippen molar-refractivity contribution < 1.29 is 4.84 Å². The lowest BCUT2D eigenvalue weighted by Crippen LogP contribution is -1.91. The third-order valence-corrected chi connectivity index (χ3v) is 2.78. The quantitative estimate of drug-likeness (QED) is 0.586. The van der Waals surface area contributed by atoms with E-state index in [4.69, 9.17) is 4.84 Å². The van der Waals surface area contributed by atoms with E-state index in [-0.39, 0.29) is 0 Å². The normalized spacial score (nSPS) is 10.8. The van der Waals surface area contributed by atoms with Gasteiger partial charge in [0.1, 0.15) is 6.61 Å². The van der Waals surface area contributed by atoms with Gasteiger partial charge >= 0.3 is 0 Å². The van der Waals surface area contributed by atoms with E-state index in [0.717, 1.165) is 11.1 Å². The van der Waals surface area contributed by atoms with E-state index in [1.54, 1.807) is 6.21 Å². The van der Waals surface area contributed by atoms with E-state index in [9.17, 15) is 0 Å². The van der Waals surface area contributed by atoms with Gasteiger partial charge in [0.2, 0.25) is 0 Å².